The Kier molecular flexibility index (Phi) is 2.31. The number of hydrogen-bond donors (Lipinski definition) is 1. The highest BCUT2D eigenvalue weighted by Crippen LogP contribution is 2.48. The zero-order valence-corrected chi connectivity index (χ0v) is 8.62. The van der Waals surface area contributed by atoms with Crippen LogP contribution in [0.2, 0.25) is 0 Å². The molecule has 0 spiro atoms. The predicted octanol–water partition coefficient (Wildman–Crippen LogP) is -0.340. The van der Waals surface area contributed by atoms with Crippen LogP contribution in [0.1, 0.15) is 19.3 Å². The molecular weight excluding hydrogens is 200 g/mol. The van der Waals surface area contributed by atoms with Crippen LogP contribution in [0.4, 0.5) is 0 Å². The lowest BCUT2D eigenvalue weighted by molar-refractivity contribution is -0.172. The van der Waals surface area contributed by atoms with Gasteiger partial charge in [0.2, 0.25) is 0 Å². The lowest BCUT2D eigenvalue weighted by Crippen LogP contribution is -2.56. The molecule has 1 saturated carbocycles. The number of Topliss-reactive ketones (excluding diaryl/α,β-unsaturated/α-hetero) is 1. The molecule has 0 aromatic heterocycles. The molecule has 2 atom stereocenters. The summed E-state index contributed by atoms with van der Waals surface area (Å²) in [5.74, 6) is -0.502. The van der Waals surface area contributed by atoms with Crippen molar-refractivity contribution in [3.8, 4) is 0 Å². The van der Waals surface area contributed by atoms with Gasteiger partial charge in [-0.3, -0.25) is 9.59 Å². The summed E-state index contributed by atoms with van der Waals surface area (Å²) in [6.07, 6.45) is 0.609. The van der Waals surface area contributed by atoms with Crippen molar-refractivity contribution in [2.45, 2.75) is 24.9 Å². The van der Waals surface area contributed by atoms with E-state index in [1.54, 1.807) is 0 Å². The molecule has 2 rings (SSSR count). The van der Waals surface area contributed by atoms with Crippen molar-refractivity contribution in [3.05, 3.63) is 0 Å². The third-order valence-electron chi connectivity index (χ3n) is 3.48. The maximum atomic E-state index is 11.7. The summed E-state index contributed by atoms with van der Waals surface area (Å²) in [6, 6.07) is 0. The minimum atomic E-state index is -1.37. The fourth-order valence-corrected chi connectivity index (χ4v) is 2.51. The first kappa shape index (κ1) is 10.6. The Morgan fingerprint density at radius 3 is 2.93 bits per heavy atom. The van der Waals surface area contributed by atoms with Crippen LogP contribution in [-0.2, 0) is 19.1 Å². The molecule has 5 nitrogen and oxygen atoms in total. The summed E-state index contributed by atoms with van der Waals surface area (Å²) in [5.41, 5.74) is -2.40. The van der Waals surface area contributed by atoms with E-state index in [9.17, 15) is 14.7 Å². The van der Waals surface area contributed by atoms with Gasteiger partial charge < -0.3 is 14.6 Å². The SMILES string of the molecule is COC(=O)[C@@]12CCC(=O)C[C@]1(O)COC2. The monoisotopic (exact) mass is 214 g/mol. The smallest absolute Gasteiger partial charge is 0.317 e. The van der Waals surface area contributed by atoms with Crippen LogP contribution < -0.4 is 0 Å². The molecule has 84 valence electrons. The van der Waals surface area contributed by atoms with Crippen LogP contribution in [0.5, 0.6) is 0 Å². The summed E-state index contributed by atoms with van der Waals surface area (Å²) < 4.78 is 9.87. The van der Waals surface area contributed by atoms with E-state index in [1.807, 2.05) is 0 Å². The molecule has 0 aromatic rings. The van der Waals surface area contributed by atoms with Gasteiger partial charge in [-0.2, -0.15) is 0 Å². The summed E-state index contributed by atoms with van der Waals surface area (Å²) in [4.78, 5) is 23.0. The van der Waals surface area contributed by atoms with Crippen molar-refractivity contribution >= 4 is 11.8 Å². The van der Waals surface area contributed by atoms with Crippen LogP contribution >= 0.6 is 0 Å². The van der Waals surface area contributed by atoms with Gasteiger partial charge in [0.05, 0.1) is 20.3 Å². The molecule has 2 aliphatic rings. The van der Waals surface area contributed by atoms with Crippen LogP contribution in [0.3, 0.4) is 0 Å². The van der Waals surface area contributed by atoms with Gasteiger partial charge in [0.25, 0.3) is 0 Å². The average Bonchev–Trinajstić information content (AvgIpc) is 2.54. The molecule has 1 heterocycles. The van der Waals surface area contributed by atoms with Gasteiger partial charge in [0, 0.05) is 12.8 Å². The fourth-order valence-electron chi connectivity index (χ4n) is 2.51. The molecule has 0 radical (unpaired) electrons. The van der Waals surface area contributed by atoms with Crippen LogP contribution in [0.15, 0.2) is 0 Å². The van der Waals surface area contributed by atoms with E-state index < -0.39 is 17.0 Å². The van der Waals surface area contributed by atoms with E-state index in [4.69, 9.17) is 9.47 Å². The maximum Gasteiger partial charge on any atom is 0.317 e. The number of methoxy groups -OCH3 is 1. The second-order valence-corrected chi connectivity index (χ2v) is 4.31. The van der Waals surface area contributed by atoms with Gasteiger partial charge in [0.15, 0.2) is 0 Å². The van der Waals surface area contributed by atoms with Gasteiger partial charge in [-0.15, -0.1) is 0 Å². The number of hydrogen-bond acceptors (Lipinski definition) is 5. The zero-order chi connectivity index (χ0) is 11.1. The molecule has 0 amide bonds. The predicted molar refractivity (Wildman–Crippen MR) is 49.1 cm³/mol. The second kappa shape index (κ2) is 3.28. The summed E-state index contributed by atoms with van der Waals surface area (Å²) in [7, 11) is 1.28. The summed E-state index contributed by atoms with van der Waals surface area (Å²) >= 11 is 0. The minimum absolute atomic E-state index is 0.0118. The number of ketones is 1. The first-order valence-electron chi connectivity index (χ1n) is 4.94. The third kappa shape index (κ3) is 1.30. The minimum Gasteiger partial charge on any atom is -0.468 e. The summed E-state index contributed by atoms with van der Waals surface area (Å²) in [6.45, 7) is 0.178. The molecule has 1 N–H and O–H groups in total. The number of carbonyl (C=O) groups excluding carboxylic acids is 2. The van der Waals surface area contributed by atoms with Gasteiger partial charge in [-0.1, -0.05) is 0 Å². The molecule has 0 bridgehead atoms. The molecule has 0 aromatic carbocycles. The quantitative estimate of drug-likeness (QED) is 0.604. The van der Waals surface area contributed by atoms with E-state index in [0.717, 1.165) is 0 Å². The van der Waals surface area contributed by atoms with Crippen LogP contribution in [-0.4, -0.2) is 42.8 Å². The first-order valence-corrected chi connectivity index (χ1v) is 4.94. The van der Waals surface area contributed by atoms with E-state index >= 15 is 0 Å². The number of rotatable bonds is 1. The van der Waals surface area contributed by atoms with Crippen molar-refractivity contribution in [1.29, 1.82) is 0 Å². The molecule has 15 heavy (non-hydrogen) atoms. The van der Waals surface area contributed by atoms with E-state index in [2.05, 4.69) is 0 Å². The second-order valence-electron chi connectivity index (χ2n) is 4.31. The van der Waals surface area contributed by atoms with Gasteiger partial charge >= 0.3 is 5.97 Å². The average molecular weight is 214 g/mol. The van der Waals surface area contributed by atoms with Crippen LogP contribution in [0, 0.1) is 5.41 Å². The first-order chi connectivity index (χ1) is 7.04. The Bertz CT molecular complexity index is 313. The van der Waals surface area contributed by atoms with Crippen molar-refractivity contribution in [2.75, 3.05) is 20.3 Å². The molecule has 1 aliphatic heterocycles. The summed E-state index contributed by atoms with van der Waals surface area (Å²) in [5, 5.41) is 10.3. The molecule has 2 fully saturated rings. The Balaban J connectivity index is 2.36. The van der Waals surface area contributed by atoms with Gasteiger partial charge in [-0.05, 0) is 6.42 Å². The van der Waals surface area contributed by atoms with Crippen LogP contribution in [0.25, 0.3) is 0 Å². The zero-order valence-electron chi connectivity index (χ0n) is 8.62. The van der Waals surface area contributed by atoms with Gasteiger partial charge in [-0.25, -0.2) is 0 Å². The number of fused-ring (bicyclic) bond motifs is 1. The highest BCUT2D eigenvalue weighted by atomic mass is 16.5. The molecule has 5 heteroatoms. The fraction of sp³-hybridized carbons (Fsp3) is 0.800. The number of esters is 1. The Hall–Kier alpha value is -0.940. The number of ether oxygens (including phenoxy) is 2. The lowest BCUT2D eigenvalue weighted by atomic mass is 9.64. The molecule has 0 unspecified atom stereocenters. The normalized spacial score (nSPS) is 40.0. The van der Waals surface area contributed by atoms with E-state index in [0.29, 0.717) is 12.8 Å². The largest absolute Gasteiger partial charge is 0.468 e. The highest BCUT2D eigenvalue weighted by molar-refractivity contribution is 5.87. The standard InChI is InChI=1S/C10H14O5/c1-14-8(12)9-3-2-7(11)4-10(9,13)6-15-5-9/h13H,2-6H2,1H3/t9-,10-/m0/s1. The van der Waals surface area contributed by atoms with Crippen molar-refractivity contribution < 1.29 is 24.2 Å². The van der Waals surface area contributed by atoms with E-state index in [1.165, 1.54) is 7.11 Å². The Labute approximate surface area is 87.4 Å². The van der Waals surface area contributed by atoms with E-state index in [-0.39, 0.29) is 25.4 Å². The topological polar surface area (TPSA) is 72.8 Å². The Morgan fingerprint density at radius 1 is 1.53 bits per heavy atom. The highest BCUT2D eigenvalue weighted by Gasteiger charge is 2.63. The maximum absolute atomic E-state index is 11.7. The van der Waals surface area contributed by atoms with Crippen molar-refractivity contribution in [1.82, 2.24) is 0 Å². The lowest BCUT2D eigenvalue weighted by Gasteiger charge is -2.40. The molecule has 1 aliphatic carbocycles. The third-order valence-corrected chi connectivity index (χ3v) is 3.48. The molecule has 1 saturated heterocycles. The van der Waals surface area contributed by atoms with Gasteiger partial charge in [0.1, 0.15) is 16.8 Å². The molecular formula is C10H14O5. The van der Waals surface area contributed by atoms with Crippen molar-refractivity contribution in [2.24, 2.45) is 5.41 Å². The van der Waals surface area contributed by atoms with Crippen molar-refractivity contribution in [3.63, 3.8) is 0 Å². The number of aliphatic hydroxyl groups is 1. The number of carbonyl (C=O) groups is 2. The Morgan fingerprint density at radius 2 is 2.27 bits per heavy atom.